The molecule has 1 aliphatic heterocycles. The SMILES string of the molecule is CCC[N+]1(CC)CCCCC1.[F-]. The Morgan fingerprint density at radius 1 is 1.00 bits per heavy atom. The van der Waals surface area contributed by atoms with E-state index >= 15 is 0 Å². The van der Waals surface area contributed by atoms with Crippen LogP contribution >= 0.6 is 0 Å². The lowest BCUT2D eigenvalue weighted by Crippen LogP contribution is -3.00. The second kappa shape index (κ2) is 5.52. The Hall–Kier alpha value is -0.110. The number of likely N-dealkylation sites (tertiary alicyclic amines) is 1. The maximum Gasteiger partial charge on any atom is 0.0786 e. The Bertz CT molecular complexity index is 103. The highest BCUT2D eigenvalue weighted by Crippen LogP contribution is 2.18. The van der Waals surface area contributed by atoms with Crippen LogP contribution in [-0.2, 0) is 0 Å². The molecule has 0 atom stereocenters. The normalized spacial score (nSPS) is 21.5. The second-order valence-electron chi connectivity index (χ2n) is 3.89. The zero-order valence-corrected chi connectivity index (χ0v) is 8.48. The first-order valence-corrected chi connectivity index (χ1v) is 5.18. The molecule has 1 fully saturated rings. The minimum Gasteiger partial charge on any atom is -1.00 e. The molecule has 1 heterocycles. The summed E-state index contributed by atoms with van der Waals surface area (Å²) in [5.74, 6) is 0. The summed E-state index contributed by atoms with van der Waals surface area (Å²) in [5.41, 5.74) is 0. The van der Waals surface area contributed by atoms with Crippen molar-refractivity contribution in [3.63, 3.8) is 0 Å². The summed E-state index contributed by atoms with van der Waals surface area (Å²) in [6.45, 7) is 10.3. The van der Waals surface area contributed by atoms with Crippen LogP contribution in [0.15, 0.2) is 0 Å². The van der Waals surface area contributed by atoms with E-state index < -0.39 is 0 Å². The molecule has 0 radical (unpaired) electrons. The smallest absolute Gasteiger partial charge is 0.0786 e. The van der Waals surface area contributed by atoms with Gasteiger partial charge in [-0.1, -0.05) is 6.92 Å². The van der Waals surface area contributed by atoms with Gasteiger partial charge in [0.15, 0.2) is 0 Å². The molecule has 1 saturated heterocycles. The molecular formula is C10H22FN. The van der Waals surface area contributed by atoms with Crippen molar-refractivity contribution in [2.24, 2.45) is 0 Å². The standard InChI is InChI=1S/C10H22N.FH/c1-3-8-11(4-2)9-6-5-7-10-11;/h3-10H2,1-2H3;1H/q+1;/p-1. The van der Waals surface area contributed by atoms with E-state index in [1.54, 1.807) is 0 Å². The largest absolute Gasteiger partial charge is 1.00 e. The fraction of sp³-hybridized carbons (Fsp3) is 1.00. The maximum absolute atomic E-state index is 2.35. The summed E-state index contributed by atoms with van der Waals surface area (Å²) in [6.07, 6.45) is 5.76. The lowest BCUT2D eigenvalue weighted by Gasteiger charge is -2.40. The van der Waals surface area contributed by atoms with Gasteiger partial charge in [-0.3, -0.25) is 0 Å². The molecule has 0 unspecified atom stereocenters. The minimum atomic E-state index is 0. The first-order valence-electron chi connectivity index (χ1n) is 5.18. The molecule has 0 spiro atoms. The number of rotatable bonds is 3. The summed E-state index contributed by atoms with van der Waals surface area (Å²) >= 11 is 0. The molecule has 0 amide bonds. The molecular weight excluding hydrogens is 153 g/mol. The molecule has 0 bridgehead atoms. The summed E-state index contributed by atoms with van der Waals surface area (Å²) in [4.78, 5) is 0. The van der Waals surface area contributed by atoms with Crippen LogP contribution in [0.5, 0.6) is 0 Å². The first kappa shape index (κ1) is 11.9. The Labute approximate surface area is 75.7 Å². The molecule has 2 heteroatoms. The van der Waals surface area contributed by atoms with E-state index in [1.807, 2.05) is 0 Å². The number of hydrogen-bond acceptors (Lipinski definition) is 0. The molecule has 0 N–H and O–H groups in total. The fourth-order valence-corrected chi connectivity index (χ4v) is 2.36. The third-order valence-corrected chi connectivity index (χ3v) is 3.13. The quantitative estimate of drug-likeness (QED) is 0.504. The average Bonchev–Trinajstić information content (AvgIpc) is 2.07. The Morgan fingerprint density at radius 3 is 2.00 bits per heavy atom. The van der Waals surface area contributed by atoms with Crippen LogP contribution in [0.1, 0.15) is 39.5 Å². The average molecular weight is 175 g/mol. The van der Waals surface area contributed by atoms with Crippen LogP contribution in [-0.4, -0.2) is 30.7 Å². The van der Waals surface area contributed by atoms with Crippen LogP contribution < -0.4 is 4.70 Å². The maximum atomic E-state index is 2.35. The molecule has 0 aliphatic carbocycles. The van der Waals surface area contributed by atoms with Crippen molar-refractivity contribution in [1.29, 1.82) is 0 Å². The van der Waals surface area contributed by atoms with E-state index in [-0.39, 0.29) is 4.70 Å². The van der Waals surface area contributed by atoms with E-state index in [2.05, 4.69) is 13.8 Å². The van der Waals surface area contributed by atoms with Crippen molar-refractivity contribution in [1.82, 2.24) is 0 Å². The van der Waals surface area contributed by atoms with Gasteiger partial charge >= 0.3 is 0 Å². The predicted octanol–water partition coefficient (Wildman–Crippen LogP) is -0.579. The van der Waals surface area contributed by atoms with Crippen molar-refractivity contribution >= 4 is 0 Å². The van der Waals surface area contributed by atoms with E-state index in [0.717, 1.165) is 0 Å². The van der Waals surface area contributed by atoms with Crippen LogP contribution in [0.4, 0.5) is 0 Å². The molecule has 0 aromatic heterocycles. The third-order valence-electron chi connectivity index (χ3n) is 3.13. The van der Waals surface area contributed by atoms with Crippen LogP contribution in [0.25, 0.3) is 0 Å². The summed E-state index contributed by atoms with van der Waals surface area (Å²) in [6, 6.07) is 0. The summed E-state index contributed by atoms with van der Waals surface area (Å²) in [7, 11) is 0. The molecule has 0 saturated carbocycles. The monoisotopic (exact) mass is 175 g/mol. The molecule has 0 aromatic carbocycles. The van der Waals surface area contributed by atoms with Gasteiger partial charge in [0.05, 0.1) is 26.2 Å². The van der Waals surface area contributed by atoms with E-state index in [0.29, 0.717) is 0 Å². The lowest BCUT2D eigenvalue weighted by atomic mass is 10.1. The zero-order chi connectivity index (χ0) is 8.16. The predicted molar refractivity (Wildman–Crippen MR) is 49.5 cm³/mol. The number of piperidine rings is 1. The van der Waals surface area contributed by atoms with Gasteiger partial charge in [0.1, 0.15) is 0 Å². The van der Waals surface area contributed by atoms with Crippen molar-refractivity contribution in [2.75, 3.05) is 26.2 Å². The van der Waals surface area contributed by atoms with Gasteiger partial charge in [0.2, 0.25) is 0 Å². The van der Waals surface area contributed by atoms with Crippen molar-refractivity contribution in [3.05, 3.63) is 0 Å². The highest BCUT2D eigenvalue weighted by Gasteiger charge is 2.26. The molecule has 1 nitrogen and oxygen atoms in total. The van der Waals surface area contributed by atoms with Crippen molar-refractivity contribution in [3.8, 4) is 0 Å². The van der Waals surface area contributed by atoms with Gasteiger partial charge in [-0.15, -0.1) is 0 Å². The zero-order valence-electron chi connectivity index (χ0n) is 8.48. The van der Waals surface area contributed by atoms with Gasteiger partial charge in [-0.05, 0) is 32.6 Å². The van der Waals surface area contributed by atoms with Gasteiger partial charge in [-0.25, -0.2) is 0 Å². The third kappa shape index (κ3) is 2.74. The van der Waals surface area contributed by atoms with E-state index in [1.165, 1.54) is 56.3 Å². The summed E-state index contributed by atoms with van der Waals surface area (Å²) in [5, 5.41) is 0. The van der Waals surface area contributed by atoms with Crippen LogP contribution in [0.3, 0.4) is 0 Å². The number of nitrogens with zero attached hydrogens (tertiary/aromatic N) is 1. The molecule has 1 aliphatic rings. The van der Waals surface area contributed by atoms with E-state index in [9.17, 15) is 0 Å². The Kier molecular flexibility index (Phi) is 5.47. The Balaban J connectivity index is 0.00000121. The Morgan fingerprint density at radius 2 is 1.58 bits per heavy atom. The van der Waals surface area contributed by atoms with Crippen LogP contribution in [0, 0.1) is 0 Å². The van der Waals surface area contributed by atoms with Crippen molar-refractivity contribution in [2.45, 2.75) is 39.5 Å². The fourth-order valence-electron chi connectivity index (χ4n) is 2.36. The van der Waals surface area contributed by atoms with Crippen LogP contribution in [0.2, 0.25) is 0 Å². The molecule has 1 rings (SSSR count). The lowest BCUT2D eigenvalue weighted by molar-refractivity contribution is -0.930. The van der Waals surface area contributed by atoms with Gasteiger partial charge in [0, 0.05) is 0 Å². The van der Waals surface area contributed by atoms with Gasteiger partial charge < -0.3 is 9.19 Å². The first-order chi connectivity index (χ1) is 5.33. The molecule has 0 aromatic rings. The topological polar surface area (TPSA) is 0 Å². The highest BCUT2D eigenvalue weighted by molar-refractivity contribution is 4.52. The number of hydrogen-bond donors (Lipinski definition) is 0. The molecule has 12 heavy (non-hydrogen) atoms. The highest BCUT2D eigenvalue weighted by atomic mass is 19.0. The second-order valence-corrected chi connectivity index (χ2v) is 3.89. The number of halogens is 1. The molecule has 74 valence electrons. The summed E-state index contributed by atoms with van der Waals surface area (Å²) < 4.78 is 1.41. The van der Waals surface area contributed by atoms with Gasteiger partial charge in [0.25, 0.3) is 0 Å². The van der Waals surface area contributed by atoms with Gasteiger partial charge in [-0.2, -0.15) is 0 Å². The van der Waals surface area contributed by atoms with E-state index in [4.69, 9.17) is 0 Å². The minimum absolute atomic E-state index is 0. The van der Waals surface area contributed by atoms with Crippen molar-refractivity contribution < 1.29 is 9.19 Å². The number of quaternary nitrogens is 1.